The number of aryl methyl sites for hydroxylation is 1. The second-order valence-electron chi connectivity index (χ2n) is 6.54. The molecule has 0 bridgehead atoms. The van der Waals surface area contributed by atoms with Gasteiger partial charge in [-0.15, -0.1) is 0 Å². The highest BCUT2D eigenvalue weighted by Crippen LogP contribution is 2.39. The lowest BCUT2D eigenvalue weighted by atomic mass is 9.98. The normalized spacial score (nSPS) is 19.8. The van der Waals surface area contributed by atoms with Gasteiger partial charge in [-0.3, -0.25) is 9.48 Å². The summed E-state index contributed by atoms with van der Waals surface area (Å²) in [6, 6.07) is 2.48. The smallest absolute Gasteiger partial charge is 0.235 e. The molecule has 1 amide bonds. The zero-order valence-electron chi connectivity index (χ0n) is 13.8. The van der Waals surface area contributed by atoms with E-state index in [9.17, 15) is 10.1 Å². The molecule has 1 aromatic rings. The molecule has 1 saturated carbocycles. The molecule has 0 aromatic carbocycles. The van der Waals surface area contributed by atoms with Gasteiger partial charge < -0.3 is 10.6 Å². The molecule has 1 aromatic heterocycles. The lowest BCUT2D eigenvalue weighted by molar-refractivity contribution is -0.121. The minimum Gasteiger partial charge on any atom is -0.337 e. The van der Waals surface area contributed by atoms with Gasteiger partial charge in [0, 0.05) is 12.2 Å². The van der Waals surface area contributed by atoms with Crippen LogP contribution in [0.25, 0.3) is 0 Å². The van der Waals surface area contributed by atoms with Crippen molar-refractivity contribution in [2.45, 2.75) is 58.2 Å². The molecule has 0 radical (unpaired) electrons. The van der Waals surface area contributed by atoms with Gasteiger partial charge in [-0.1, -0.05) is 0 Å². The summed E-state index contributed by atoms with van der Waals surface area (Å²) in [7, 11) is 0. The largest absolute Gasteiger partial charge is 0.337 e. The third-order valence-corrected chi connectivity index (χ3v) is 4.48. The van der Waals surface area contributed by atoms with Crippen molar-refractivity contribution in [1.29, 1.82) is 5.26 Å². The number of amides is 1. The number of carbonyl (C=O) groups excluding carboxylic acids is 1. The van der Waals surface area contributed by atoms with E-state index in [1.165, 1.54) is 0 Å². The topological polar surface area (TPSA) is 82.7 Å². The Morgan fingerprint density at radius 2 is 2.27 bits per heavy atom. The Hall–Kier alpha value is -1.87. The first kappa shape index (κ1) is 16.5. The van der Waals surface area contributed by atoms with Gasteiger partial charge in [0.1, 0.15) is 5.54 Å². The van der Waals surface area contributed by atoms with Gasteiger partial charge in [0.2, 0.25) is 5.91 Å². The van der Waals surface area contributed by atoms with Gasteiger partial charge >= 0.3 is 0 Å². The Bertz CT molecular complexity index is 571. The minimum atomic E-state index is -0.729. The summed E-state index contributed by atoms with van der Waals surface area (Å²) in [5.41, 5.74) is 0.387. The molecule has 3 atom stereocenters. The predicted molar refractivity (Wildman–Crippen MR) is 84.0 cm³/mol. The maximum absolute atomic E-state index is 12.1. The summed E-state index contributed by atoms with van der Waals surface area (Å²) in [5, 5.41) is 19.6. The van der Waals surface area contributed by atoms with Crippen LogP contribution >= 0.6 is 0 Å². The monoisotopic (exact) mass is 303 g/mol. The first-order valence-electron chi connectivity index (χ1n) is 7.82. The molecule has 2 N–H and O–H groups in total. The van der Waals surface area contributed by atoms with Gasteiger partial charge in [-0.25, -0.2) is 0 Å². The van der Waals surface area contributed by atoms with Gasteiger partial charge in [-0.05, 0) is 52.0 Å². The summed E-state index contributed by atoms with van der Waals surface area (Å²) in [6.45, 7) is 8.10. The minimum absolute atomic E-state index is 0.0966. The molecular formula is C16H25N5O. The van der Waals surface area contributed by atoms with Crippen molar-refractivity contribution in [3.8, 4) is 6.07 Å². The molecule has 0 saturated heterocycles. The number of nitriles is 1. The van der Waals surface area contributed by atoms with Crippen molar-refractivity contribution in [1.82, 2.24) is 20.4 Å². The Morgan fingerprint density at radius 3 is 2.77 bits per heavy atom. The fourth-order valence-electron chi connectivity index (χ4n) is 2.52. The molecule has 0 unspecified atom stereocenters. The SMILES string of the molecule is Cc1cnn([C@H](C)[C@@H](C)NCC(=O)N[C@@](C)(C#N)C2CC2)c1. The standard InChI is InChI=1S/C16H25N5O/c1-11-7-19-21(9-11)13(3)12(2)18-8-15(22)20-16(4,10-17)14-5-6-14/h7,9,12-14,18H,5-6,8H2,1-4H3,(H,20,22)/t12-,13-,16+/m1/s1. The van der Waals surface area contributed by atoms with E-state index in [1.54, 1.807) is 6.92 Å². The Morgan fingerprint density at radius 1 is 1.59 bits per heavy atom. The lowest BCUT2D eigenvalue weighted by Gasteiger charge is -2.25. The molecular weight excluding hydrogens is 278 g/mol. The molecule has 0 spiro atoms. The molecule has 6 nitrogen and oxygen atoms in total. The molecule has 0 aliphatic heterocycles. The molecule has 22 heavy (non-hydrogen) atoms. The first-order valence-corrected chi connectivity index (χ1v) is 7.82. The Labute approximate surface area is 131 Å². The Kier molecular flexibility index (Phi) is 4.87. The number of hydrogen-bond donors (Lipinski definition) is 2. The molecule has 1 fully saturated rings. The van der Waals surface area contributed by atoms with Crippen molar-refractivity contribution in [2.75, 3.05) is 6.54 Å². The average molecular weight is 303 g/mol. The molecule has 120 valence electrons. The van der Waals surface area contributed by atoms with Crippen molar-refractivity contribution in [3.63, 3.8) is 0 Å². The van der Waals surface area contributed by atoms with Crippen molar-refractivity contribution >= 4 is 5.91 Å². The molecule has 1 heterocycles. The third-order valence-electron chi connectivity index (χ3n) is 4.48. The van der Waals surface area contributed by atoms with E-state index >= 15 is 0 Å². The number of aromatic nitrogens is 2. The van der Waals surface area contributed by atoms with Gasteiger partial charge in [0.05, 0.1) is 24.9 Å². The lowest BCUT2D eigenvalue weighted by Crippen LogP contribution is -2.51. The van der Waals surface area contributed by atoms with Crippen LogP contribution in [0.5, 0.6) is 0 Å². The summed E-state index contributed by atoms with van der Waals surface area (Å²) in [5.74, 6) is 0.163. The fraction of sp³-hybridized carbons (Fsp3) is 0.688. The van der Waals surface area contributed by atoms with Crippen LogP contribution in [0.4, 0.5) is 0 Å². The van der Waals surface area contributed by atoms with E-state index < -0.39 is 5.54 Å². The summed E-state index contributed by atoms with van der Waals surface area (Å²) < 4.78 is 1.90. The number of hydrogen-bond acceptors (Lipinski definition) is 4. The molecule has 6 heteroatoms. The quantitative estimate of drug-likeness (QED) is 0.800. The highest BCUT2D eigenvalue weighted by Gasteiger charge is 2.42. The Balaban J connectivity index is 1.81. The van der Waals surface area contributed by atoms with Crippen molar-refractivity contribution < 1.29 is 4.79 Å². The second-order valence-corrected chi connectivity index (χ2v) is 6.54. The molecule has 1 aliphatic rings. The number of nitrogens with one attached hydrogen (secondary N) is 2. The van der Waals surface area contributed by atoms with Crippen LogP contribution < -0.4 is 10.6 Å². The maximum atomic E-state index is 12.1. The summed E-state index contributed by atoms with van der Waals surface area (Å²) in [4.78, 5) is 12.1. The van der Waals surface area contributed by atoms with Crippen LogP contribution in [-0.2, 0) is 4.79 Å². The zero-order valence-corrected chi connectivity index (χ0v) is 13.8. The fourth-order valence-corrected chi connectivity index (χ4v) is 2.52. The molecule has 2 rings (SSSR count). The van der Waals surface area contributed by atoms with Crippen molar-refractivity contribution in [2.24, 2.45) is 5.92 Å². The predicted octanol–water partition coefficient (Wildman–Crippen LogP) is 1.54. The maximum Gasteiger partial charge on any atom is 0.235 e. The van der Waals surface area contributed by atoms with Crippen LogP contribution in [0.2, 0.25) is 0 Å². The zero-order chi connectivity index (χ0) is 16.3. The van der Waals surface area contributed by atoms with Gasteiger partial charge in [0.15, 0.2) is 0 Å². The number of rotatable bonds is 7. The second kappa shape index (κ2) is 6.49. The van der Waals surface area contributed by atoms with E-state index in [0.717, 1.165) is 18.4 Å². The number of carbonyl (C=O) groups is 1. The van der Waals surface area contributed by atoms with Gasteiger partial charge in [0.25, 0.3) is 0 Å². The number of nitrogens with zero attached hydrogens (tertiary/aromatic N) is 3. The summed E-state index contributed by atoms with van der Waals surface area (Å²) in [6.07, 6.45) is 5.85. The average Bonchev–Trinajstić information content (AvgIpc) is 3.26. The molecule has 1 aliphatic carbocycles. The summed E-state index contributed by atoms with van der Waals surface area (Å²) >= 11 is 0. The van der Waals surface area contributed by atoms with E-state index in [1.807, 2.05) is 30.9 Å². The van der Waals surface area contributed by atoms with Crippen LogP contribution in [-0.4, -0.2) is 33.8 Å². The first-order chi connectivity index (χ1) is 10.4. The van der Waals surface area contributed by atoms with Crippen LogP contribution in [0, 0.1) is 24.2 Å². The van der Waals surface area contributed by atoms with E-state index in [2.05, 4.69) is 28.7 Å². The van der Waals surface area contributed by atoms with E-state index in [0.29, 0.717) is 5.92 Å². The van der Waals surface area contributed by atoms with Crippen molar-refractivity contribution in [3.05, 3.63) is 18.0 Å². The van der Waals surface area contributed by atoms with E-state index in [4.69, 9.17) is 0 Å². The highest BCUT2D eigenvalue weighted by molar-refractivity contribution is 5.79. The highest BCUT2D eigenvalue weighted by atomic mass is 16.2. The van der Waals surface area contributed by atoms with E-state index in [-0.39, 0.29) is 24.5 Å². The van der Waals surface area contributed by atoms with Gasteiger partial charge in [-0.2, -0.15) is 10.4 Å². The third kappa shape index (κ3) is 3.86. The van der Waals surface area contributed by atoms with Crippen LogP contribution in [0.15, 0.2) is 12.4 Å². The van der Waals surface area contributed by atoms with Crippen LogP contribution in [0.3, 0.4) is 0 Å². The van der Waals surface area contributed by atoms with Crippen LogP contribution in [0.1, 0.15) is 45.2 Å².